The van der Waals surface area contributed by atoms with Crippen molar-refractivity contribution in [3.63, 3.8) is 0 Å². The number of hydrogen-bond donors (Lipinski definition) is 2. The number of aliphatic carboxylic acids is 1. The SMILES string of the molecule is CSCC[C@H](NC(=O)c1ccc(CC(CO)CCC2CCCCC2)cc1-c1ccccc1C)C(=O)[O-].[Li+]. The van der Waals surface area contributed by atoms with Crippen molar-refractivity contribution < 1.29 is 38.7 Å². The molecule has 5 nitrogen and oxygen atoms in total. The number of carbonyl (C=O) groups excluding carboxylic acids is 2. The summed E-state index contributed by atoms with van der Waals surface area (Å²) in [4.78, 5) is 24.9. The van der Waals surface area contributed by atoms with E-state index >= 15 is 0 Å². The zero-order chi connectivity index (χ0) is 25.9. The smallest absolute Gasteiger partial charge is 0.548 e. The third-order valence-corrected chi connectivity index (χ3v) is 8.10. The molecule has 2 N–H and O–H groups in total. The molecule has 37 heavy (non-hydrogen) atoms. The van der Waals surface area contributed by atoms with Gasteiger partial charge in [0, 0.05) is 12.2 Å². The van der Waals surface area contributed by atoms with Gasteiger partial charge in [-0.15, -0.1) is 0 Å². The van der Waals surface area contributed by atoms with Crippen molar-refractivity contribution >= 4 is 23.6 Å². The predicted molar refractivity (Wildman–Crippen MR) is 146 cm³/mol. The topological polar surface area (TPSA) is 89.5 Å². The van der Waals surface area contributed by atoms with Crippen LogP contribution in [0.5, 0.6) is 0 Å². The van der Waals surface area contributed by atoms with Gasteiger partial charge in [0.05, 0.1) is 12.0 Å². The van der Waals surface area contributed by atoms with E-state index in [9.17, 15) is 19.8 Å². The average Bonchev–Trinajstić information content (AvgIpc) is 2.89. The molecule has 1 saturated carbocycles. The number of carbonyl (C=O) groups is 2. The summed E-state index contributed by atoms with van der Waals surface area (Å²) < 4.78 is 0. The Hall–Kier alpha value is -1.71. The summed E-state index contributed by atoms with van der Waals surface area (Å²) in [5, 5.41) is 24.4. The van der Waals surface area contributed by atoms with Crippen LogP contribution in [0.3, 0.4) is 0 Å². The van der Waals surface area contributed by atoms with Crippen LogP contribution in [0.4, 0.5) is 0 Å². The first-order chi connectivity index (χ1) is 17.4. The van der Waals surface area contributed by atoms with Crippen LogP contribution in [0.1, 0.15) is 72.9 Å². The number of aliphatic hydroxyl groups is 1. The number of rotatable bonds is 13. The third kappa shape index (κ3) is 9.52. The predicted octanol–water partition coefficient (Wildman–Crippen LogP) is 1.78. The van der Waals surface area contributed by atoms with Crippen molar-refractivity contribution in [1.29, 1.82) is 0 Å². The van der Waals surface area contributed by atoms with Gasteiger partial charge in [0.1, 0.15) is 0 Å². The molecule has 1 fully saturated rings. The Morgan fingerprint density at radius 3 is 2.46 bits per heavy atom. The quantitative estimate of drug-likeness (QED) is 0.396. The summed E-state index contributed by atoms with van der Waals surface area (Å²) in [6.45, 7) is 2.16. The number of amides is 1. The number of benzene rings is 2. The first kappa shape index (κ1) is 31.5. The maximum Gasteiger partial charge on any atom is 1.00 e. The largest absolute Gasteiger partial charge is 1.00 e. The van der Waals surface area contributed by atoms with Gasteiger partial charge in [0.25, 0.3) is 5.91 Å². The molecule has 0 radical (unpaired) electrons. The van der Waals surface area contributed by atoms with E-state index in [2.05, 4.69) is 5.32 Å². The van der Waals surface area contributed by atoms with Crippen LogP contribution >= 0.6 is 11.8 Å². The maximum atomic E-state index is 13.2. The Kier molecular flexibility index (Phi) is 13.9. The number of hydrogen-bond acceptors (Lipinski definition) is 5. The molecular formula is C30H40LiNO4S. The molecule has 196 valence electrons. The Bertz CT molecular complexity index is 1010. The van der Waals surface area contributed by atoms with Crippen LogP contribution in [0.15, 0.2) is 42.5 Å². The fraction of sp³-hybridized carbons (Fsp3) is 0.533. The van der Waals surface area contributed by atoms with Crippen LogP contribution in [0, 0.1) is 18.8 Å². The molecule has 0 saturated heterocycles. The summed E-state index contributed by atoms with van der Waals surface area (Å²) in [5.41, 5.74) is 4.30. The molecule has 1 aliphatic carbocycles. The average molecular weight is 518 g/mol. The minimum absolute atomic E-state index is 0. The second kappa shape index (κ2) is 16.3. The molecule has 0 aromatic heterocycles. The molecule has 0 bridgehead atoms. The van der Waals surface area contributed by atoms with E-state index in [1.54, 1.807) is 6.07 Å². The van der Waals surface area contributed by atoms with E-state index in [0.29, 0.717) is 17.7 Å². The third-order valence-electron chi connectivity index (χ3n) is 7.45. The molecule has 2 aromatic rings. The second-order valence-corrected chi connectivity index (χ2v) is 11.1. The van der Waals surface area contributed by atoms with Gasteiger partial charge >= 0.3 is 18.9 Å². The molecular weight excluding hydrogens is 477 g/mol. The summed E-state index contributed by atoms with van der Waals surface area (Å²) in [6, 6.07) is 12.6. The Labute approximate surface area is 238 Å². The number of aliphatic hydroxyl groups excluding tert-OH is 1. The minimum Gasteiger partial charge on any atom is -0.548 e. The van der Waals surface area contributed by atoms with Crippen LogP contribution < -0.4 is 29.3 Å². The Morgan fingerprint density at radius 1 is 1.08 bits per heavy atom. The Balaban J connectivity index is 0.00000481. The zero-order valence-corrected chi connectivity index (χ0v) is 23.4. The molecule has 2 aromatic carbocycles. The van der Waals surface area contributed by atoms with Crippen molar-refractivity contribution in [2.45, 2.75) is 70.8 Å². The van der Waals surface area contributed by atoms with Gasteiger partial charge in [-0.25, -0.2) is 0 Å². The van der Waals surface area contributed by atoms with Crippen molar-refractivity contribution in [1.82, 2.24) is 5.32 Å². The van der Waals surface area contributed by atoms with E-state index in [1.807, 2.05) is 49.6 Å². The normalized spacial score (nSPS) is 15.4. The van der Waals surface area contributed by atoms with Crippen molar-refractivity contribution in [3.05, 3.63) is 59.2 Å². The maximum absolute atomic E-state index is 13.2. The van der Waals surface area contributed by atoms with Crippen LogP contribution in [0.25, 0.3) is 11.1 Å². The van der Waals surface area contributed by atoms with Crippen molar-refractivity contribution in [2.75, 3.05) is 18.6 Å². The van der Waals surface area contributed by atoms with Crippen molar-refractivity contribution in [2.24, 2.45) is 11.8 Å². The van der Waals surface area contributed by atoms with E-state index in [4.69, 9.17) is 0 Å². The van der Waals surface area contributed by atoms with E-state index in [1.165, 1.54) is 43.9 Å². The summed E-state index contributed by atoms with van der Waals surface area (Å²) >= 11 is 1.53. The zero-order valence-electron chi connectivity index (χ0n) is 22.6. The molecule has 0 aliphatic heterocycles. The number of aryl methyl sites for hydroxylation is 1. The second-order valence-electron chi connectivity index (χ2n) is 10.2. The molecule has 7 heteroatoms. The molecule has 0 spiro atoms. The monoisotopic (exact) mass is 517 g/mol. The van der Waals surface area contributed by atoms with Gasteiger partial charge in [0.15, 0.2) is 0 Å². The molecule has 1 unspecified atom stereocenters. The standard InChI is InChI=1S/C30H41NO4S.Li/c1-21-8-6-7-11-25(21)27-19-23(18-24(20-32)13-12-22-9-4-3-5-10-22)14-15-26(27)29(33)31-28(30(34)35)16-17-36-2;/h6-8,11,14-15,19,22,24,28,32H,3-5,9-10,12-13,16-18,20H2,1-2H3,(H,31,33)(H,34,35);/q;+1/p-1/t24?,28-;/m0./s1. The molecule has 1 amide bonds. The van der Waals surface area contributed by atoms with Crippen LogP contribution in [0.2, 0.25) is 0 Å². The fourth-order valence-corrected chi connectivity index (χ4v) is 5.74. The first-order valence-electron chi connectivity index (χ1n) is 13.2. The minimum atomic E-state index is -1.27. The van der Waals surface area contributed by atoms with Gasteiger partial charge in [-0.2, -0.15) is 11.8 Å². The van der Waals surface area contributed by atoms with Crippen LogP contribution in [-0.4, -0.2) is 41.6 Å². The van der Waals surface area contributed by atoms with Gasteiger partial charge in [-0.05, 0) is 78.4 Å². The van der Waals surface area contributed by atoms with E-state index in [-0.39, 0.29) is 31.4 Å². The van der Waals surface area contributed by atoms with Crippen LogP contribution in [-0.2, 0) is 11.2 Å². The summed E-state index contributed by atoms with van der Waals surface area (Å²) in [5.74, 6) is -0.0952. The van der Waals surface area contributed by atoms with Gasteiger partial charge in [-0.1, -0.05) is 74.9 Å². The van der Waals surface area contributed by atoms with Gasteiger partial charge in [0.2, 0.25) is 0 Å². The molecule has 3 rings (SSSR count). The van der Waals surface area contributed by atoms with Gasteiger partial charge in [-0.3, -0.25) is 4.79 Å². The number of nitrogens with one attached hydrogen (secondary N) is 1. The fourth-order valence-electron chi connectivity index (χ4n) is 5.27. The summed E-state index contributed by atoms with van der Waals surface area (Å²) in [7, 11) is 0. The van der Waals surface area contributed by atoms with E-state index in [0.717, 1.165) is 47.4 Å². The van der Waals surface area contributed by atoms with Gasteiger partial charge < -0.3 is 20.3 Å². The molecule has 0 heterocycles. The number of carboxylic acid groups (broad SMARTS) is 1. The molecule has 1 aliphatic rings. The molecule has 2 atom stereocenters. The van der Waals surface area contributed by atoms with Crippen molar-refractivity contribution in [3.8, 4) is 11.1 Å². The summed E-state index contributed by atoms with van der Waals surface area (Å²) in [6.07, 6.45) is 11.8. The Morgan fingerprint density at radius 2 is 1.81 bits per heavy atom. The number of thioether (sulfide) groups is 1. The first-order valence-corrected chi connectivity index (χ1v) is 14.6. The van der Waals surface area contributed by atoms with E-state index < -0.39 is 17.9 Å². The number of carboxylic acids is 1.